The molecule has 1 aromatic heterocycles. The predicted molar refractivity (Wildman–Crippen MR) is 119 cm³/mol. The van der Waals surface area contributed by atoms with Crippen molar-refractivity contribution in [2.24, 2.45) is 0 Å². The zero-order valence-electron chi connectivity index (χ0n) is 16.1. The summed E-state index contributed by atoms with van der Waals surface area (Å²) in [6.07, 6.45) is 6.06. The van der Waals surface area contributed by atoms with E-state index in [1.807, 2.05) is 5.38 Å². The van der Waals surface area contributed by atoms with Gasteiger partial charge in [0, 0.05) is 22.3 Å². The highest BCUT2D eigenvalue weighted by atomic mass is 32.2. The number of hydrogen-bond donors (Lipinski definition) is 1. The fourth-order valence-corrected chi connectivity index (χ4v) is 5.08. The van der Waals surface area contributed by atoms with Crippen LogP contribution >= 0.6 is 23.1 Å². The van der Waals surface area contributed by atoms with Crippen LogP contribution in [0, 0.1) is 5.82 Å². The minimum Gasteiger partial charge on any atom is -0.302 e. The van der Waals surface area contributed by atoms with Gasteiger partial charge < -0.3 is 5.32 Å². The number of carbonyl (C=O) groups is 1. The number of anilines is 1. The second kappa shape index (κ2) is 9.55. The molecule has 0 saturated heterocycles. The van der Waals surface area contributed by atoms with E-state index in [2.05, 4.69) is 28.5 Å². The van der Waals surface area contributed by atoms with Crippen LogP contribution in [0.4, 0.5) is 9.52 Å². The molecule has 0 radical (unpaired) electrons. The van der Waals surface area contributed by atoms with Gasteiger partial charge in [-0.2, -0.15) is 0 Å². The molecule has 3 aromatic rings. The van der Waals surface area contributed by atoms with E-state index in [0.29, 0.717) is 11.6 Å². The third-order valence-electron chi connectivity index (χ3n) is 5.03. The van der Waals surface area contributed by atoms with Gasteiger partial charge in [-0.3, -0.25) is 4.79 Å². The van der Waals surface area contributed by atoms with E-state index in [-0.39, 0.29) is 11.7 Å². The Bertz CT molecular complexity index is 985. The molecule has 0 atom stereocenters. The molecular formula is C23H23FN2OS2. The maximum atomic E-state index is 12.9. The van der Waals surface area contributed by atoms with Gasteiger partial charge in [0.15, 0.2) is 5.13 Å². The number of halogens is 1. The normalized spacial score (nSPS) is 13.1. The van der Waals surface area contributed by atoms with Crippen LogP contribution in [0.15, 0.2) is 52.7 Å². The molecule has 29 heavy (non-hydrogen) atoms. The molecule has 150 valence electrons. The van der Waals surface area contributed by atoms with Gasteiger partial charge in [0.1, 0.15) is 5.82 Å². The molecule has 2 aromatic carbocycles. The summed E-state index contributed by atoms with van der Waals surface area (Å²) in [4.78, 5) is 17.8. The number of benzene rings is 2. The highest BCUT2D eigenvalue weighted by Crippen LogP contribution is 2.29. The smallest absolute Gasteiger partial charge is 0.226 e. The molecule has 0 fully saturated rings. The molecule has 1 aliphatic rings. The Morgan fingerprint density at radius 2 is 1.90 bits per heavy atom. The average molecular weight is 427 g/mol. The number of rotatable bonds is 7. The van der Waals surface area contributed by atoms with Crippen LogP contribution in [0.25, 0.3) is 11.3 Å². The SMILES string of the molecule is O=C(CCCSc1ccc(F)cc1)Nc1nc(-c2ccc3c(c2)CCCC3)cs1. The number of aromatic nitrogens is 1. The number of amides is 1. The van der Waals surface area contributed by atoms with E-state index in [1.165, 1.54) is 53.9 Å². The first-order valence-electron chi connectivity index (χ1n) is 9.93. The lowest BCUT2D eigenvalue weighted by Gasteiger charge is -2.16. The standard InChI is InChI=1S/C23H23FN2OS2/c24-19-9-11-20(12-10-19)28-13-3-6-22(27)26-23-25-21(15-29-23)18-8-7-16-4-1-2-5-17(16)14-18/h7-12,14-15H,1-6,13H2,(H,25,26,27). The Labute approximate surface area is 178 Å². The maximum Gasteiger partial charge on any atom is 0.226 e. The van der Waals surface area contributed by atoms with E-state index in [1.54, 1.807) is 23.9 Å². The van der Waals surface area contributed by atoms with Gasteiger partial charge in [-0.05, 0) is 79.3 Å². The van der Waals surface area contributed by atoms with E-state index in [0.717, 1.165) is 34.7 Å². The lowest BCUT2D eigenvalue weighted by molar-refractivity contribution is -0.116. The third kappa shape index (κ3) is 5.46. The minimum absolute atomic E-state index is 0.0175. The van der Waals surface area contributed by atoms with Crippen LogP contribution in [0.3, 0.4) is 0 Å². The summed E-state index contributed by atoms with van der Waals surface area (Å²) in [5.41, 5.74) is 4.94. The Morgan fingerprint density at radius 1 is 1.10 bits per heavy atom. The number of thioether (sulfide) groups is 1. The molecule has 1 aliphatic carbocycles. The number of thiazole rings is 1. The van der Waals surface area contributed by atoms with Crippen molar-refractivity contribution in [3.8, 4) is 11.3 Å². The van der Waals surface area contributed by atoms with Crippen molar-refractivity contribution < 1.29 is 9.18 Å². The monoisotopic (exact) mass is 426 g/mol. The molecular weight excluding hydrogens is 403 g/mol. The number of fused-ring (bicyclic) bond motifs is 1. The average Bonchev–Trinajstić information content (AvgIpc) is 3.20. The van der Waals surface area contributed by atoms with Gasteiger partial charge in [0.25, 0.3) is 0 Å². The fraction of sp³-hybridized carbons (Fsp3) is 0.304. The predicted octanol–water partition coefficient (Wildman–Crippen LogP) is 6.34. The van der Waals surface area contributed by atoms with Crippen LogP contribution in [-0.4, -0.2) is 16.6 Å². The summed E-state index contributed by atoms with van der Waals surface area (Å²) in [5, 5.41) is 5.56. The second-order valence-corrected chi connectivity index (χ2v) is 9.21. The molecule has 1 amide bonds. The summed E-state index contributed by atoms with van der Waals surface area (Å²) in [7, 11) is 0. The van der Waals surface area contributed by atoms with Crippen molar-refractivity contribution in [1.82, 2.24) is 4.98 Å². The molecule has 0 saturated carbocycles. The summed E-state index contributed by atoms with van der Waals surface area (Å²) < 4.78 is 12.9. The molecule has 0 unspecified atom stereocenters. The topological polar surface area (TPSA) is 42.0 Å². The van der Waals surface area contributed by atoms with Crippen molar-refractivity contribution in [1.29, 1.82) is 0 Å². The first-order valence-corrected chi connectivity index (χ1v) is 11.8. The molecule has 1 N–H and O–H groups in total. The maximum absolute atomic E-state index is 12.9. The Kier molecular flexibility index (Phi) is 6.62. The lowest BCUT2D eigenvalue weighted by atomic mass is 9.90. The quantitative estimate of drug-likeness (QED) is 0.354. The van der Waals surface area contributed by atoms with Crippen LogP contribution in [0.2, 0.25) is 0 Å². The minimum atomic E-state index is -0.230. The first kappa shape index (κ1) is 20.1. The second-order valence-electron chi connectivity index (χ2n) is 7.18. The molecule has 1 heterocycles. The van der Waals surface area contributed by atoms with Crippen LogP contribution in [-0.2, 0) is 17.6 Å². The van der Waals surface area contributed by atoms with Crippen molar-refractivity contribution in [3.05, 3.63) is 64.8 Å². The van der Waals surface area contributed by atoms with Crippen molar-refractivity contribution in [2.45, 2.75) is 43.4 Å². The summed E-state index contributed by atoms with van der Waals surface area (Å²) in [5.74, 6) is 0.570. The molecule has 0 spiro atoms. The van der Waals surface area contributed by atoms with E-state index in [4.69, 9.17) is 0 Å². The molecule has 6 heteroatoms. The van der Waals surface area contributed by atoms with Crippen LogP contribution < -0.4 is 5.32 Å². The number of hydrogen-bond acceptors (Lipinski definition) is 4. The highest BCUT2D eigenvalue weighted by Gasteiger charge is 2.12. The number of carbonyl (C=O) groups excluding carboxylic acids is 1. The van der Waals surface area contributed by atoms with E-state index < -0.39 is 0 Å². The van der Waals surface area contributed by atoms with E-state index >= 15 is 0 Å². The van der Waals surface area contributed by atoms with Crippen LogP contribution in [0.5, 0.6) is 0 Å². The molecule has 3 nitrogen and oxygen atoms in total. The summed E-state index contributed by atoms with van der Waals surface area (Å²) in [6.45, 7) is 0. The summed E-state index contributed by atoms with van der Waals surface area (Å²) in [6, 6.07) is 13.0. The Morgan fingerprint density at radius 3 is 2.72 bits per heavy atom. The third-order valence-corrected chi connectivity index (χ3v) is 6.88. The van der Waals surface area contributed by atoms with Gasteiger partial charge in [-0.1, -0.05) is 12.1 Å². The number of nitrogens with zero attached hydrogens (tertiary/aromatic N) is 1. The summed E-state index contributed by atoms with van der Waals surface area (Å²) >= 11 is 3.09. The van der Waals surface area contributed by atoms with Gasteiger partial charge in [-0.15, -0.1) is 23.1 Å². The Hall–Kier alpha value is -2.18. The van der Waals surface area contributed by atoms with Gasteiger partial charge in [0.2, 0.25) is 5.91 Å². The molecule has 4 rings (SSSR count). The van der Waals surface area contributed by atoms with Crippen molar-refractivity contribution in [2.75, 3.05) is 11.1 Å². The van der Waals surface area contributed by atoms with Crippen LogP contribution in [0.1, 0.15) is 36.8 Å². The zero-order valence-corrected chi connectivity index (χ0v) is 17.8. The van der Waals surface area contributed by atoms with Crippen molar-refractivity contribution >= 4 is 34.1 Å². The first-order chi connectivity index (χ1) is 14.2. The zero-order chi connectivity index (χ0) is 20.1. The van der Waals surface area contributed by atoms with E-state index in [9.17, 15) is 9.18 Å². The largest absolute Gasteiger partial charge is 0.302 e. The van der Waals surface area contributed by atoms with Gasteiger partial charge in [-0.25, -0.2) is 9.37 Å². The van der Waals surface area contributed by atoms with Gasteiger partial charge in [0.05, 0.1) is 5.69 Å². The Balaban J connectivity index is 1.26. The fourth-order valence-electron chi connectivity index (χ4n) is 3.49. The highest BCUT2D eigenvalue weighted by molar-refractivity contribution is 7.99. The number of nitrogens with one attached hydrogen (secondary N) is 1. The van der Waals surface area contributed by atoms with Gasteiger partial charge >= 0.3 is 0 Å². The molecule has 0 bridgehead atoms. The lowest BCUT2D eigenvalue weighted by Crippen LogP contribution is -2.11. The molecule has 0 aliphatic heterocycles. The number of aryl methyl sites for hydroxylation is 2. The van der Waals surface area contributed by atoms with Crippen molar-refractivity contribution in [3.63, 3.8) is 0 Å².